The number of fused-ring (bicyclic) bond motifs is 1. The number of nitrogens with zero attached hydrogens (tertiary/aromatic N) is 1. The number of benzene rings is 1. The summed E-state index contributed by atoms with van der Waals surface area (Å²) in [5.41, 5.74) is 2.52. The van der Waals surface area contributed by atoms with Gasteiger partial charge in [-0.3, -0.25) is 4.90 Å². The zero-order valence-corrected chi connectivity index (χ0v) is 11.2. The zero-order chi connectivity index (χ0) is 12.9. The van der Waals surface area contributed by atoms with Gasteiger partial charge in [0, 0.05) is 36.7 Å². The molecule has 19 heavy (non-hydrogen) atoms. The van der Waals surface area contributed by atoms with Crippen LogP contribution in [0.15, 0.2) is 18.2 Å². The quantitative estimate of drug-likeness (QED) is 0.770. The fourth-order valence-electron chi connectivity index (χ4n) is 4.16. The summed E-state index contributed by atoms with van der Waals surface area (Å²) in [4.78, 5) is 2.50. The van der Waals surface area contributed by atoms with Gasteiger partial charge in [0.1, 0.15) is 5.82 Å². The molecule has 1 aliphatic carbocycles. The minimum absolute atomic E-state index is 0.0294. The molecule has 3 heteroatoms. The first-order valence-electron chi connectivity index (χ1n) is 7.37. The third kappa shape index (κ3) is 1.75. The molecule has 0 amide bonds. The van der Waals surface area contributed by atoms with Gasteiger partial charge in [0.2, 0.25) is 0 Å². The van der Waals surface area contributed by atoms with E-state index < -0.39 is 0 Å². The number of rotatable bonds is 1. The van der Waals surface area contributed by atoms with Crippen molar-refractivity contribution in [3.8, 4) is 0 Å². The van der Waals surface area contributed by atoms with Crippen LogP contribution in [0, 0.1) is 11.2 Å². The smallest absolute Gasteiger partial charge is 0.127 e. The van der Waals surface area contributed by atoms with Crippen molar-refractivity contribution in [2.45, 2.75) is 38.3 Å². The van der Waals surface area contributed by atoms with Crippen LogP contribution in [0.3, 0.4) is 0 Å². The van der Waals surface area contributed by atoms with E-state index in [0.717, 1.165) is 38.3 Å². The van der Waals surface area contributed by atoms with Crippen molar-refractivity contribution in [2.75, 3.05) is 19.8 Å². The molecule has 1 aromatic carbocycles. The van der Waals surface area contributed by atoms with Crippen molar-refractivity contribution in [1.82, 2.24) is 4.90 Å². The average molecular weight is 261 g/mol. The summed E-state index contributed by atoms with van der Waals surface area (Å²) >= 11 is 0. The van der Waals surface area contributed by atoms with Crippen molar-refractivity contribution in [3.05, 3.63) is 35.1 Å². The second-order valence-electron chi connectivity index (χ2n) is 6.32. The molecule has 2 heterocycles. The number of hydrogen-bond acceptors (Lipinski definition) is 2. The number of halogens is 1. The third-order valence-electron chi connectivity index (χ3n) is 5.44. The maximum atomic E-state index is 13.9. The minimum atomic E-state index is -0.0294. The first kappa shape index (κ1) is 11.9. The highest BCUT2D eigenvalue weighted by Gasteiger charge is 2.51. The van der Waals surface area contributed by atoms with Gasteiger partial charge in [-0.15, -0.1) is 0 Å². The Balaban J connectivity index is 1.57. The van der Waals surface area contributed by atoms with Crippen molar-refractivity contribution in [3.63, 3.8) is 0 Å². The first-order valence-corrected chi connectivity index (χ1v) is 7.37. The van der Waals surface area contributed by atoms with E-state index in [1.807, 2.05) is 6.07 Å². The second kappa shape index (κ2) is 4.29. The highest BCUT2D eigenvalue weighted by atomic mass is 19.1. The van der Waals surface area contributed by atoms with E-state index in [2.05, 4.69) is 11.0 Å². The molecule has 1 spiro atoms. The second-order valence-corrected chi connectivity index (χ2v) is 6.32. The minimum Gasteiger partial charge on any atom is -0.381 e. The van der Waals surface area contributed by atoms with Gasteiger partial charge in [-0.05, 0) is 37.3 Å². The van der Waals surface area contributed by atoms with Crippen LogP contribution in [-0.4, -0.2) is 30.7 Å². The molecule has 4 rings (SSSR count). The van der Waals surface area contributed by atoms with Gasteiger partial charge in [-0.1, -0.05) is 12.1 Å². The molecule has 0 N–H and O–H groups in total. The molecular formula is C16H20FNO. The highest BCUT2D eigenvalue weighted by molar-refractivity contribution is 5.31. The summed E-state index contributed by atoms with van der Waals surface area (Å²) in [5, 5.41) is 0. The Labute approximate surface area is 113 Å². The van der Waals surface area contributed by atoms with E-state index in [0.29, 0.717) is 11.5 Å². The lowest BCUT2D eigenvalue weighted by Crippen LogP contribution is -2.56. The highest BCUT2D eigenvalue weighted by Crippen LogP contribution is 2.50. The van der Waals surface area contributed by atoms with Crippen molar-refractivity contribution < 1.29 is 9.13 Å². The van der Waals surface area contributed by atoms with E-state index in [-0.39, 0.29) is 5.82 Å². The molecule has 0 unspecified atom stereocenters. The molecule has 2 nitrogen and oxygen atoms in total. The Morgan fingerprint density at radius 2 is 2.26 bits per heavy atom. The third-order valence-corrected chi connectivity index (χ3v) is 5.44. The van der Waals surface area contributed by atoms with Gasteiger partial charge in [0.15, 0.2) is 0 Å². The predicted molar refractivity (Wildman–Crippen MR) is 71.4 cm³/mol. The molecule has 0 bridgehead atoms. The van der Waals surface area contributed by atoms with Crippen LogP contribution in [0.4, 0.5) is 4.39 Å². The van der Waals surface area contributed by atoms with E-state index in [9.17, 15) is 4.39 Å². The van der Waals surface area contributed by atoms with Crippen LogP contribution in [0.5, 0.6) is 0 Å². The molecule has 2 aliphatic heterocycles. The molecule has 102 valence electrons. The molecule has 2 fully saturated rings. The van der Waals surface area contributed by atoms with Gasteiger partial charge in [0.25, 0.3) is 0 Å². The molecule has 0 aromatic heterocycles. The van der Waals surface area contributed by atoms with E-state index in [1.165, 1.54) is 24.8 Å². The predicted octanol–water partition coefficient (Wildman–Crippen LogP) is 2.75. The molecule has 1 saturated carbocycles. The molecular weight excluding hydrogens is 241 g/mol. The first-order chi connectivity index (χ1) is 9.28. The van der Waals surface area contributed by atoms with Crippen LogP contribution in [0.25, 0.3) is 0 Å². The lowest BCUT2D eigenvalue weighted by atomic mass is 9.63. The van der Waals surface area contributed by atoms with Gasteiger partial charge in [0.05, 0.1) is 6.61 Å². The Bertz CT molecular complexity index is 496. The van der Waals surface area contributed by atoms with Gasteiger partial charge in [-0.25, -0.2) is 4.39 Å². The summed E-state index contributed by atoms with van der Waals surface area (Å²) in [6.45, 7) is 3.69. The van der Waals surface area contributed by atoms with Crippen LogP contribution in [0.1, 0.15) is 30.4 Å². The summed E-state index contributed by atoms with van der Waals surface area (Å²) in [6, 6.07) is 6.12. The molecule has 2 atom stereocenters. The zero-order valence-electron chi connectivity index (χ0n) is 11.2. The van der Waals surface area contributed by atoms with Crippen molar-refractivity contribution in [2.24, 2.45) is 5.41 Å². The average Bonchev–Trinajstić information content (AvgIpc) is 2.90. The van der Waals surface area contributed by atoms with Crippen molar-refractivity contribution >= 4 is 0 Å². The summed E-state index contributed by atoms with van der Waals surface area (Å²) in [5.74, 6) is -0.0294. The maximum absolute atomic E-state index is 13.9. The lowest BCUT2D eigenvalue weighted by Gasteiger charge is -2.53. The van der Waals surface area contributed by atoms with E-state index in [1.54, 1.807) is 6.07 Å². The molecule has 3 aliphatic rings. The lowest BCUT2D eigenvalue weighted by molar-refractivity contribution is -0.0391. The molecule has 0 radical (unpaired) electrons. The molecule has 1 saturated heterocycles. The van der Waals surface area contributed by atoms with Crippen LogP contribution >= 0.6 is 0 Å². The normalized spacial score (nSPS) is 34.3. The van der Waals surface area contributed by atoms with Gasteiger partial charge >= 0.3 is 0 Å². The largest absolute Gasteiger partial charge is 0.381 e. The Morgan fingerprint density at radius 1 is 1.32 bits per heavy atom. The fourth-order valence-corrected chi connectivity index (χ4v) is 4.16. The number of hydrogen-bond donors (Lipinski definition) is 0. The van der Waals surface area contributed by atoms with Gasteiger partial charge in [-0.2, -0.15) is 0 Å². The summed E-state index contributed by atoms with van der Waals surface area (Å²) < 4.78 is 19.6. The van der Waals surface area contributed by atoms with Crippen LogP contribution < -0.4 is 0 Å². The Hall–Kier alpha value is -0.930. The van der Waals surface area contributed by atoms with Crippen LogP contribution in [-0.2, 0) is 17.7 Å². The summed E-state index contributed by atoms with van der Waals surface area (Å²) in [6.07, 6.45) is 4.73. The van der Waals surface area contributed by atoms with Crippen LogP contribution in [0.2, 0.25) is 0 Å². The van der Waals surface area contributed by atoms with Crippen molar-refractivity contribution in [1.29, 1.82) is 0 Å². The summed E-state index contributed by atoms with van der Waals surface area (Å²) in [7, 11) is 0. The van der Waals surface area contributed by atoms with E-state index >= 15 is 0 Å². The van der Waals surface area contributed by atoms with Gasteiger partial charge < -0.3 is 4.74 Å². The SMILES string of the molecule is Fc1cccc2c1CN([C@@H]1CC[C@@]13CCOC3)CC2. The Morgan fingerprint density at radius 3 is 3.00 bits per heavy atom. The monoisotopic (exact) mass is 261 g/mol. The topological polar surface area (TPSA) is 12.5 Å². The number of ether oxygens (including phenoxy) is 1. The van der Waals surface area contributed by atoms with E-state index in [4.69, 9.17) is 4.74 Å². The molecule has 1 aromatic rings. The standard InChI is InChI=1S/C16H20FNO/c17-14-3-1-2-12-5-8-18(10-13(12)14)15-4-6-16(15)7-9-19-11-16/h1-3,15H,4-11H2/t15-,16+/m1/s1. The Kier molecular flexibility index (Phi) is 2.68. The fraction of sp³-hybridized carbons (Fsp3) is 0.625. The maximum Gasteiger partial charge on any atom is 0.127 e.